The fourth-order valence-corrected chi connectivity index (χ4v) is 3.54. The van der Waals surface area contributed by atoms with Gasteiger partial charge in [-0.15, -0.1) is 11.3 Å². The summed E-state index contributed by atoms with van der Waals surface area (Å²) < 4.78 is 0.895. The van der Waals surface area contributed by atoms with E-state index in [0.29, 0.717) is 26.5 Å². The predicted octanol–water partition coefficient (Wildman–Crippen LogP) is 4.80. The van der Waals surface area contributed by atoms with Crippen LogP contribution in [-0.2, 0) is 0 Å². The van der Waals surface area contributed by atoms with Crippen LogP contribution in [0.5, 0.6) is 0 Å². The number of hydrogen-bond donors (Lipinski definition) is 1. The van der Waals surface area contributed by atoms with Crippen molar-refractivity contribution in [2.45, 2.75) is 18.8 Å². The first-order valence-corrected chi connectivity index (χ1v) is 7.74. The summed E-state index contributed by atoms with van der Waals surface area (Å²) in [5.74, 6) is -0.598. The molecule has 1 heterocycles. The van der Waals surface area contributed by atoms with Gasteiger partial charge >= 0.3 is 5.97 Å². The second-order valence-electron chi connectivity index (χ2n) is 4.44. The maximum Gasteiger partial charge on any atom is 0.347 e. The highest BCUT2D eigenvalue weighted by Crippen LogP contribution is 2.45. The minimum absolute atomic E-state index is 0.307. The van der Waals surface area contributed by atoms with Gasteiger partial charge in [0, 0.05) is 16.0 Å². The quantitative estimate of drug-likeness (QED) is 0.857. The fraction of sp³-hybridized carbons (Fsp3) is 0.231. The van der Waals surface area contributed by atoms with E-state index in [1.807, 2.05) is 12.1 Å². The predicted molar refractivity (Wildman–Crippen MR) is 79.2 cm³/mol. The molecule has 1 aliphatic rings. The summed E-state index contributed by atoms with van der Waals surface area (Å²) in [7, 11) is 0. The van der Waals surface area contributed by atoms with Crippen molar-refractivity contribution in [2.75, 3.05) is 0 Å². The van der Waals surface area contributed by atoms with E-state index in [4.69, 9.17) is 11.6 Å². The minimum atomic E-state index is -0.906. The molecule has 2 aromatic rings. The molecular weight excluding hydrogens is 350 g/mol. The second-order valence-corrected chi connectivity index (χ2v) is 6.76. The van der Waals surface area contributed by atoms with Gasteiger partial charge in [-0.05, 0) is 31.0 Å². The lowest BCUT2D eigenvalue weighted by Gasteiger charge is -2.00. The monoisotopic (exact) mass is 357 g/mol. The highest BCUT2D eigenvalue weighted by molar-refractivity contribution is 9.10. The Morgan fingerprint density at radius 2 is 2.21 bits per heavy atom. The van der Waals surface area contributed by atoms with Crippen LogP contribution in [0.4, 0.5) is 0 Å². The number of thiazole rings is 1. The number of carbonyl (C=O) groups is 1. The Labute approximate surface area is 127 Å². The number of carboxylic acid groups (broad SMARTS) is 1. The van der Waals surface area contributed by atoms with Crippen molar-refractivity contribution in [3.05, 3.63) is 38.3 Å². The van der Waals surface area contributed by atoms with Crippen LogP contribution in [0.2, 0.25) is 5.02 Å². The number of aromatic carboxylic acids is 1. The molecule has 0 spiro atoms. The molecule has 3 rings (SSSR count). The van der Waals surface area contributed by atoms with E-state index >= 15 is 0 Å². The second kappa shape index (κ2) is 4.89. The summed E-state index contributed by atoms with van der Waals surface area (Å²) in [4.78, 5) is 16.1. The van der Waals surface area contributed by atoms with Crippen LogP contribution in [0.1, 0.15) is 34.1 Å². The SMILES string of the molecule is O=C(O)c1sc(-c2cc(Br)ccc2Cl)nc1C1CC1. The molecule has 1 aromatic carbocycles. The van der Waals surface area contributed by atoms with Crippen molar-refractivity contribution in [2.24, 2.45) is 0 Å². The molecule has 0 radical (unpaired) electrons. The molecule has 0 bridgehead atoms. The topological polar surface area (TPSA) is 50.2 Å². The molecule has 1 fully saturated rings. The summed E-state index contributed by atoms with van der Waals surface area (Å²) >= 11 is 10.8. The highest BCUT2D eigenvalue weighted by Gasteiger charge is 2.32. The Kier molecular flexibility index (Phi) is 3.37. The molecule has 0 amide bonds. The third-order valence-corrected chi connectivity index (χ3v) is 4.89. The molecule has 1 aromatic heterocycles. The van der Waals surface area contributed by atoms with Gasteiger partial charge in [-0.1, -0.05) is 27.5 Å². The van der Waals surface area contributed by atoms with Crippen LogP contribution < -0.4 is 0 Å². The molecule has 0 saturated heterocycles. The summed E-state index contributed by atoms with van der Waals surface area (Å²) in [5.41, 5.74) is 1.49. The number of halogens is 2. The summed E-state index contributed by atoms with van der Waals surface area (Å²) in [5, 5.41) is 10.5. The average molecular weight is 359 g/mol. The fourth-order valence-electron chi connectivity index (χ4n) is 1.90. The number of benzene rings is 1. The van der Waals surface area contributed by atoms with Crippen LogP contribution in [0.25, 0.3) is 10.6 Å². The Morgan fingerprint density at radius 3 is 2.84 bits per heavy atom. The van der Waals surface area contributed by atoms with Gasteiger partial charge in [0.2, 0.25) is 0 Å². The van der Waals surface area contributed by atoms with E-state index in [9.17, 15) is 9.90 Å². The van der Waals surface area contributed by atoms with Crippen LogP contribution in [0.15, 0.2) is 22.7 Å². The van der Waals surface area contributed by atoms with E-state index in [2.05, 4.69) is 20.9 Å². The molecular formula is C13H9BrClNO2S. The molecule has 98 valence electrons. The van der Waals surface area contributed by atoms with Gasteiger partial charge in [0.15, 0.2) is 0 Å². The molecule has 1 aliphatic carbocycles. The zero-order valence-corrected chi connectivity index (χ0v) is 12.8. The number of aromatic nitrogens is 1. The smallest absolute Gasteiger partial charge is 0.347 e. The lowest BCUT2D eigenvalue weighted by molar-refractivity contribution is 0.0700. The number of nitrogens with zero attached hydrogens (tertiary/aromatic N) is 1. The number of rotatable bonds is 3. The zero-order chi connectivity index (χ0) is 13.6. The average Bonchev–Trinajstić information content (AvgIpc) is 3.11. The molecule has 1 N–H and O–H groups in total. The van der Waals surface area contributed by atoms with Gasteiger partial charge < -0.3 is 5.11 Å². The molecule has 3 nitrogen and oxygen atoms in total. The largest absolute Gasteiger partial charge is 0.477 e. The Morgan fingerprint density at radius 1 is 1.47 bits per heavy atom. The van der Waals surface area contributed by atoms with Crippen LogP contribution in [0, 0.1) is 0 Å². The van der Waals surface area contributed by atoms with Gasteiger partial charge in [0.25, 0.3) is 0 Å². The molecule has 1 saturated carbocycles. The van der Waals surface area contributed by atoms with E-state index in [1.165, 1.54) is 11.3 Å². The van der Waals surface area contributed by atoms with Crippen molar-refractivity contribution in [3.63, 3.8) is 0 Å². The van der Waals surface area contributed by atoms with E-state index in [1.54, 1.807) is 6.07 Å². The molecule has 19 heavy (non-hydrogen) atoms. The van der Waals surface area contributed by atoms with E-state index < -0.39 is 5.97 Å². The first-order chi connectivity index (χ1) is 9.06. The maximum atomic E-state index is 11.3. The molecule has 0 aliphatic heterocycles. The number of hydrogen-bond acceptors (Lipinski definition) is 3. The van der Waals surface area contributed by atoms with Crippen molar-refractivity contribution in [1.82, 2.24) is 4.98 Å². The van der Waals surface area contributed by atoms with Crippen molar-refractivity contribution >= 4 is 44.8 Å². The van der Waals surface area contributed by atoms with Crippen LogP contribution in [0.3, 0.4) is 0 Å². The van der Waals surface area contributed by atoms with E-state index in [-0.39, 0.29) is 0 Å². The summed E-state index contributed by atoms with van der Waals surface area (Å²) in [6.45, 7) is 0. The van der Waals surface area contributed by atoms with Gasteiger partial charge in [-0.2, -0.15) is 0 Å². The minimum Gasteiger partial charge on any atom is -0.477 e. The summed E-state index contributed by atoms with van der Waals surface area (Å²) in [6.07, 6.45) is 2.05. The maximum absolute atomic E-state index is 11.3. The van der Waals surface area contributed by atoms with Crippen molar-refractivity contribution in [3.8, 4) is 10.6 Å². The van der Waals surface area contributed by atoms with Crippen molar-refractivity contribution in [1.29, 1.82) is 0 Å². The lowest BCUT2D eigenvalue weighted by Crippen LogP contribution is -1.97. The Balaban J connectivity index is 2.12. The van der Waals surface area contributed by atoms with Crippen molar-refractivity contribution < 1.29 is 9.90 Å². The van der Waals surface area contributed by atoms with Crippen LogP contribution >= 0.6 is 38.9 Å². The van der Waals surface area contributed by atoms with Gasteiger partial charge in [-0.25, -0.2) is 9.78 Å². The first kappa shape index (κ1) is 13.1. The third kappa shape index (κ3) is 2.55. The van der Waals surface area contributed by atoms with Gasteiger partial charge in [0.05, 0.1) is 10.7 Å². The summed E-state index contributed by atoms with van der Waals surface area (Å²) in [6, 6.07) is 5.49. The Hall–Kier alpha value is -0.910. The molecule has 6 heteroatoms. The standard InChI is InChI=1S/C13H9BrClNO2S/c14-7-3-4-9(15)8(5-7)12-16-10(6-1-2-6)11(19-12)13(17)18/h3-6H,1-2H2,(H,17,18). The van der Waals surface area contributed by atoms with E-state index in [0.717, 1.165) is 22.9 Å². The molecule has 0 unspecified atom stereocenters. The zero-order valence-electron chi connectivity index (χ0n) is 9.69. The Bertz CT molecular complexity index is 667. The molecule has 0 atom stereocenters. The lowest BCUT2D eigenvalue weighted by atomic mass is 10.2. The first-order valence-electron chi connectivity index (χ1n) is 5.75. The van der Waals surface area contributed by atoms with Crippen LogP contribution in [-0.4, -0.2) is 16.1 Å². The number of carboxylic acids is 1. The highest BCUT2D eigenvalue weighted by atomic mass is 79.9. The van der Waals surface area contributed by atoms with Gasteiger partial charge in [-0.3, -0.25) is 0 Å². The van der Waals surface area contributed by atoms with Gasteiger partial charge in [0.1, 0.15) is 9.88 Å². The normalized spacial score (nSPS) is 14.6. The third-order valence-electron chi connectivity index (χ3n) is 2.97.